The zero-order valence-electron chi connectivity index (χ0n) is 16.4. The van der Waals surface area contributed by atoms with Crippen molar-refractivity contribution in [2.75, 3.05) is 52.6 Å². The molecule has 0 bridgehead atoms. The second kappa shape index (κ2) is 12.1. The van der Waals surface area contributed by atoms with E-state index >= 15 is 0 Å². The highest BCUT2D eigenvalue weighted by molar-refractivity contribution is 5.81. The fourth-order valence-electron chi connectivity index (χ4n) is 3.39. The van der Waals surface area contributed by atoms with Crippen molar-refractivity contribution in [3.05, 3.63) is 0 Å². The Labute approximate surface area is 157 Å². The van der Waals surface area contributed by atoms with Crippen molar-refractivity contribution in [2.45, 2.75) is 52.1 Å². The van der Waals surface area contributed by atoms with Crippen molar-refractivity contribution < 1.29 is 19.0 Å². The van der Waals surface area contributed by atoms with Gasteiger partial charge in [-0.05, 0) is 46.0 Å². The van der Waals surface area contributed by atoms with Crippen molar-refractivity contribution in [3.63, 3.8) is 0 Å². The maximum absolute atomic E-state index is 12.0. The van der Waals surface area contributed by atoms with Crippen LogP contribution >= 0.6 is 0 Å². The normalized spacial score (nSPS) is 23.9. The van der Waals surface area contributed by atoms with Crippen LogP contribution in [0.4, 0.5) is 0 Å². The van der Waals surface area contributed by atoms with Gasteiger partial charge in [-0.25, -0.2) is 0 Å². The summed E-state index contributed by atoms with van der Waals surface area (Å²) in [7, 11) is 0. The zero-order valence-corrected chi connectivity index (χ0v) is 16.4. The minimum atomic E-state index is -0.0874. The molecule has 0 aromatic carbocycles. The Morgan fingerprint density at radius 3 is 2.92 bits per heavy atom. The number of ether oxygens (including phenoxy) is 3. The lowest BCUT2D eigenvalue weighted by Gasteiger charge is -2.34. The van der Waals surface area contributed by atoms with Gasteiger partial charge in [0.05, 0.1) is 25.2 Å². The van der Waals surface area contributed by atoms with Crippen molar-refractivity contribution >= 4 is 11.9 Å². The molecule has 0 saturated carbocycles. The number of carbonyl (C=O) groups is 1. The third kappa shape index (κ3) is 7.11. The summed E-state index contributed by atoms with van der Waals surface area (Å²) in [5.41, 5.74) is 0. The van der Waals surface area contributed by atoms with E-state index in [-0.39, 0.29) is 18.0 Å². The number of nitrogens with one attached hydrogen (secondary N) is 1. The Kier molecular flexibility index (Phi) is 9.77. The smallest absolute Gasteiger partial charge is 0.310 e. The van der Waals surface area contributed by atoms with Crippen LogP contribution in [-0.2, 0) is 19.0 Å². The summed E-state index contributed by atoms with van der Waals surface area (Å²) in [6, 6.07) is 0. The van der Waals surface area contributed by atoms with Gasteiger partial charge in [0, 0.05) is 39.4 Å². The molecule has 0 spiro atoms. The van der Waals surface area contributed by atoms with Crippen LogP contribution in [0.1, 0.15) is 46.0 Å². The van der Waals surface area contributed by atoms with Crippen LogP contribution in [0.15, 0.2) is 4.99 Å². The first kappa shape index (κ1) is 21.0. The van der Waals surface area contributed by atoms with Gasteiger partial charge in [-0.2, -0.15) is 0 Å². The summed E-state index contributed by atoms with van der Waals surface area (Å²) in [5, 5.41) is 3.34. The molecule has 0 aromatic heterocycles. The van der Waals surface area contributed by atoms with Crippen LogP contribution in [0.25, 0.3) is 0 Å². The topological polar surface area (TPSA) is 72.4 Å². The number of nitrogens with zero attached hydrogens (tertiary/aromatic N) is 2. The van der Waals surface area contributed by atoms with Gasteiger partial charge in [-0.1, -0.05) is 0 Å². The lowest BCUT2D eigenvalue weighted by molar-refractivity contribution is -0.149. The molecule has 7 nitrogen and oxygen atoms in total. The van der Waals surface area contributed by atoms with Gasteiger partial charge >= 0.3 is 5.97 Å². The molecular weight excluding hydrogens is 334 g/mol. The number of aliphatic imine (C=N–C) groups is 1. The average molecular weight is 370 g/mol. The second-order valence-corrected chi connectivity index (χ2v) is 6.84. The zero-order chi connectivity index (χ0) is 18.6. The number of carbonyl (C=O) groups excluding carboxylic acids is 1. The summed E-state index contributed by atoms with van der Waals surface area (Å²) >= 11 is 0. The highest BCUT2D eigenvalue weighted by Gasteiger charge is 2.28. The molecule has 0 amide bonds. The molecule has 2 heterocycles. The molecule has 1 N–H and O–H groups in total. The quantitative estimate of drug-likeness (QED) is 0.289. The predicted molar refractivity (Wildman–Crippen MR) is 101 cm³/mol. The van der Waals surface area contributed by atoms with Gasteiger partial charge in [0.15, 0.2) is 5.96 Å². The van der Waals surface area contributed by atoms with E-state index in [1.54, 1.807) is 0 Å². The lowest BCUT2D eigenvalue weighted by Crippen LogP contribution is -2.48. The third-order valence-corrected chi connectivity index (χ3v) is 4.71. The molecule has 2 aliphatic rings. The van der Waals surface area contributed by atoms with Crippen LogP contribution in [0.2, 0.25) is 0 Å². The van der Waals surface area contributed by atoms with Gasteiger partial charge in [-0.3, -0.25) is 9.79 Å². The van der Waals surface area contributed by atoms with Crippen molar-refractivity contribution in [3.8, 4) is 0 Å². The van der Waals surface area contributed by atoms with Gasteiger partial charge in [0.2, 0.25) is 0 Å². The molecule has 2 aliphatic heterocycles. The first-order chi connectivity index (χ1) is 12.7. The van der Waals surface area contributed by atoms with E-state index in [1.165, 1.54) is 0 Å². The molecule has 0 aliphatic carbocycles. The highest BCUT2D eigenvalue weighted by Crippen LogP contribution is 2.18. The van der Waals surface area contributed by atoms with E-state index in [0.29, 0.717) is 32.9 Å². The Hall–Kier alpha value is -1.34. The summed E-state index contributed by atoms with van der Waals surface area (Å²) in [5.74, 6) is 0.749. The van der Waals surface area contributed by atoms with E-state index in [9.17, 15) is 4.79 Å². The number of hydrogen-bond acceptors (Lipinski definition) is 5. The third-order valence-electron chi connectivity index (χ3n) is 4.71. The fourth-order valence-corrected chi connectivity index (χ4v) is 3.39. The Bertz CT molecular complexity index is 439. The van der Waals surface area contributed by atoms with Crippen LogP contribution in [0.3, 0.4) is 0 Å². The van der Waals surface area contributed by atoms with E-state index < -0.39 is 0 Å². The molecule has 150 valence electrons. The van der Waals surface area contributed by atoms with Crippen LogP contribution in [0.5, 0.6) is 0 Å². The van der Waals surface area contributed by atoms with Crippen LogP contribution < -0.4 is 5.32 Å². The maximum Gasteiger partial charge on any atom is 0.310 e. The maximum atomic E-state index is 12.0. The number of hydrogen-bond donors (Lipinski definition) is 1. The van der Waals surface area contributed by atoms with E-state index in [1.807, 2.05) is 6.92 Å². The van der Waals surface area contributed by atoms with E-state index in [4.69, 9.17) is 19.2 Å². The van der Waals surface area contributed by atoms with Crippen LogP contribution in [-0.4, -0.2) is 75.5 Å². The SMILES string of the molecule is CCNC(=NCCCOCC1CCCO1)N1CCCC(C(=O)OCC)C1. The van der Waals surface area contributed by atoms with E-state index in [0.717, 1.165) is 57.8 Å². The first-order valence-corrected chi connectivity index (χ1v) is 10.1. The fraction of sp³-hybridized carbons (Fsp3) is 0.895. The molecular formula is C19H35N3O4. The molecule has 2 unspecified atom stereocenters. The molecule has 7 heteroatoms. The Morgan fingerprint density at radius 1 is 1.31 bits per heavy atom. The van der Waals surface area contributed by atoms with Crippen molar-refractivity contribution in [1.29, 1.82) is 0 Å². The highest BCUT2D eigenvalue weighted by atomic mass is 16.5. The van der Waals surface area contributed by atoms with Gasteiger partial charge in [0.25, 0.3) is 0 Å². The molecule has 26 heavy (non-hydrogen) atoms. The molecule has 0 aromatic rings. The molecule has 2 rings (SSSR count). The van der Waals surface area contributed by atoms with Gasteiger partial charge in [-0.15, -0.1) is 0 Å². The average Bonchev–Trinajstić information content (AvgIpc) is 3.17. The van der Waals surface area contributed by atoms with Crippen LogP contribution in [0, 0.1) is 5.92 Å². The molecule has 2 fully saturated rings. The largest absolute Gasteiger partial charge is 0.466 e. The lowest BCUT2D eigenvalue weighted by atomic mass is 9.98. The number of piperidine rings is 1. The molecule has 2 saturated heterocycles. The molecule has 2 atom stereocenters. The van der Waals surface area contributed by atoms with Gasteiger partial charge in [0.1, 0.15) is 0 Å². The standard InChI is InChI=1S/C19H35N3O4/c1-3-20-19(21-10-7-12-24-15-17-9-6-13-26-17)22-11-5-8-16(14-22)18(23)25-4-2/h16-17H,3-15H2,1-2H3,(H,20,21). The van der Waals surface area contributed by atoms with Gasteiger partial charge < -0.3 is 24.4 Å². The summed E-state index contributed by atoms with van der Waals surface area (Å²) in [6.07, 6.45) is 5.30. The number of likely N-dealkylation sites (tertiary alicyclic amines) is 1. The summed E-state index contributed by atoms with van der Waals surface area (Å²) in [4.78, 5) is 18.9. The second-order valence-electron chi connectivity index (χ2n) is 6.84. The van der Waals surface area contributed by atoms with E-state index in [2.05, 4.69) is 17.1 Å². The Morgan fingerprint density at radius 2 is 2.19 bits per heavy atom. The van der Waals surface area contributed by atoms with Crippen molar-refractivity contribution in [1.82, 2.24) is 10.2 Å². The number of esters is 1. The Balaban J connectivity index is 1.72. The minimum absolute atomic E-state index is 0.0534. The van der Waals surface area contributed by atoms with Crippen molar-refractivity contribution in [2.24, 2.45) is 10.9 Å². The predicted octanol–water partition coefficient (Wildman–Crippen LogP) is 1.81. The first-order valence-electron chi connectivity index (χ1n) is 10.1. The number of guanidine groups is 1. The summed E-state index contributed by atoms with van der Waals surface area (Å²) in [6.45, 7) is 9.76. The summed E-state index contributed by atoms with van der Waals surface area (Å²) < 4.78 is 16.4. The molecule has 0 radical (unpaired) electrons. The monoisotopic (exact) mass is 369 g/mol. The number of rotatable bonds is 9. The minimum Gasteiger partial charge on any atom is -0.466 e.